The highest BCUT2D eigenvalue weighted by atomic mass is 16.3. The Bertz CT molecular complexity index is 344. The van der Waals surface area contributed by atoms with Crippen LogP contribution in [0.25, 0.3) is 0 Å². The van der Waals surface area contributed by atoms with Crippen molar-refractivity contribution in [2.75, 3.05) is 19.6 Å². The lowest BCUT2D eigenvalue weighted by molar-refractivity contribution is 0.110. The van der Waals surface area contributed by atoms with Gasteiger partial charge in [0.15, 0.2) is 0 Å². The average molecular weight is 306 g/mol. The lowest BCUT2D eigenvalue weighted by Gasteiger charge is -2.25. The fourth-order valence-corrected chi connectivity index (χ4v) is 2.75. The van der Waals surface area contributed by atoms with E-state index in [-0.39, 0.29) is 0 Å². The van der Waals surface area contributed by atoms with Gasteiger partial charge < -0.3 is 10.0 Å². The molecule has 0 fully saturated rings. The van der Waals surface area contributed by atoms with E-state index in [9.17, 15) is 5.11 Å². The van der Waals surface area contributed by atoms with Crippen LogP contribution in [0.3, 0.4) is 0 Å². The molecule has 3 heteroatoms. The van der Waals surface area contributed by atoms with Gasteiger partial charge in [-0.05, 0) is 43.6 Å². The van der Waals surface area contributed by atoms with Crippen molar-refractivity contribution in [1.82, 2.24) is 9.88 Å². The van der Waals surface area contributed by atoms with E-state index < -0.39 is 6.10 Å². The molecule has 22 heavy (non-hydrogen) atoms. The summed E-state index contributed by atoms with van der Waals surface area (Å²) in [6.45, 7) is 7.44. The predicted octanol–water partition coefficient (Wildman–Crippen LogP) is 4.58. The van der Waals surface area contributed by atoms with Crippen molar-refractivity contribution in [3.63, 3.8) is 0 Å². The van der Waals surface area contributed by atoms with E-state index in [1.165, 1.54) is 51.4 Å². The zero-order chi connectivity index (χ0) is 16.0. The van der Waals surface area contributed by atoms with Crippen LogP contribution in [0.15, 0.2) is 24.5 Å². The summed E-state index contributed by atoms with van der Waals surface area (Å²) in [6, 6.07) is 3.83. The molecule has 0 aliphatic rings. The molecule has 0 spiro atoms. The van der Waals surface area contributed by atoms with Crippen molar-refractivity contribution in [3.05, 3.63) is 30.1 Å². The average Bonchev–Trinajstić information content (AvgIpc) is 2.56. The van der Waals surface area contributed by atoms with Gasteiger partial charge >= 0.3 is 0 Å². The lowest BCUT2D eigenvalue weighted by atomic mass is 10.1. The van der Waals surface area contributed by atoms with E-state index in [1.807, 2.05) is 12.1 Å². The number of hydrogen-bond acceptors (Lipinski definition) is 3. The van der Waals surface area contributed by atoms with Gasteiger partial charge in [-0.1, -0.05) is 52.4 Å². The molecule has 126 valence electrons. The summed E-state index contributed by atoms with van der Waals surface area (Å²) in [4.78, 5) is 6.46. The van der Waals surface area contributed by atoms with Gasteiger partial charge in [-0.2, -0.15) is 0 Å². The van der Waals surface area contributed by atoms with E-state index in [1.54, 1.807) is 12.4 Å². The standard InChI is InChI=1S/C19H34N2O/c1-3-5-7-9-15-21(16-10-8-6-4-2)17-19(22)18-11-13-20-14-12-18/h11-14,19,22H,3-10,15-17H2,1-2H3. The van der Waals surface area contributed by atoms with Crippen LogP contribution in [0.2, 0.25) is 0 Å². The van der Waals surface area contributed by atoms with Crippen LogP contribution in [0, 0.1) is 0 Å². The van der Waals surface area contributed by atoms with Gasteiger partial charge in [-0.25, -0.2) is 0 Å². The van der Waals surface area contributed by atoms with Crippen molar-refractivity contribution in [3.8, 4) is 0 Å². The number of rotatable bonds is 13. The Hall–Kier alpha value is -0.930. The number of aromatic nitrogens is 1. The summed E-state index contributed by atoms with van der Waals surface area (Å²) >= 11 is 0. The predicted molar refractivity (Wildman–Crippen MR) is 93.9 cm³/mol. The maximum Gasteiger partial charge on any atom is 0.0918 e. The maximum absolute atomic E-state index is 10.4. The molecule has 0 aromatic carbocycles. The highest BCUT2D eigenvalue weighted by molar-refractivity contribution is 5.13. The van der Waals surface area contributed by atoms with Crippen molar-refractivity contribution in [2.45, 2.75) is 71.3 Å². The zero-order valence-electron chi connectivity index (χ0n) is 14.5. The third-order valence-electron chi connectivity index (χ3n) is 4.18. The fourth-order valence-electron chi connectivity index (χ4n) is 2.75. The van der Waals surface area contributed by atoms with Crippen LogP contribution in [0.4, 0.5) is 0 Å². The van der Waals surface area contributed by atoms with Crippen molar-refractivity contribution < 1.29 is 5.11 Å². The van der Waals surface area contributed by atoms with E-state index in [2.05, 4.69) is 23.7 Å². The molecule has 0 radical (unpaired) electrons. The van der Waals surface area contributed by atoms with E-state index in [0.29, 0.717) is 0 Å². The van der Waals surface area contributed by atoms with Crippen LogP contribution in [0.5, 0.6) is 0 Å². The van der Waals surface area contributed by atoms with Crippen LogP contribution in [-0.4, -0.2) is 34.6 Å². The van der Waals surface area contributed by atoms with Crippen LogP contribution in [-0.2, 0) is 0 Å². The van der Waals surface area contributed by atoms with Gasteiger partial charge in [0.25, 0.3) is 0 Å². The highest BCUT2D eigenvalue weighted by Crippen LogP contribution is 2.14. The molecule has 3 nitrogen and oxygen atoms in total. The Labute approximate surface area is 136 Å². The smallest absolute Gasteiger partial charge is 0.0918 e. The summed E-state index contributed by atoms with van der Waals surface area (Å²) in [5.74, 6) is 0. The number of pyridine rings is 1. The largest absolute Gasteiger partial charge is 0.387 e. The quantitative estimate of drug-likeness (QED) is 0.542. The molecule has 0 aliphatic carbocycles. The number of nitrogens with zero attached hydrogens (tertiary/aromatic N) is 2. The Morgan fingerprint density at radius 1 is 0.909 bits per heavy atom. The summed E-state index contributed by atoms with van der Waals surface area (Å²) in [5, 5.41) is 10.4. The van der Waals surface area contributed by atoms with Gasteiger partial charge in [-0.3, -0.25) is 4.98 Å². The lowest BCUT2D eigenvalue weighted by Crippen LogP contribution is -2.31. The Morgan fingerprint density at radius 2 is 1.45 bits per heavy atom. The third kappa shape index (κ3) is 8.50. The molecule has 1 N–H and O–H groups in total. The molecule has 1 aromatic heterocycles. The van der Waals surface area contributed by atoms with E-state index in [4.69, 9.17) is 0 Å². The van der Waals surface area contributed by atoms with Gasteiger partial charge in [0.2, 0.25) is 0 Å². The van der Waals surface area contributed by atoms with Crippen LogP contribution >= 0.6 is 0 Å². The molecule has 0 saturated heterocycles. The summed E-state index contributed by atoms with van der Waals surface area (Å²) in [7, 11) is 0. The van der Waals surface area contributed by atoms with Gasteiger partial charge in [0, 0.05) is 18.9 Å². The number of hydrogen-bond donors (Lipinski definition) is 1. The molecule has 1 rings (SSSR count). The topological polar surface area (TPSA) is 36.4 Å². The summed E-state index contributed by atoms with van der Waals surface area (Å²) < 4.78 is 0. The van der Waals surface area contributed by atoms with Gasteiger partial charge in [0.05, 0.1) is 6.10 Å². The molecule has 1 heterocycles. The minimum Gasteiger partial charge on any atom is -0.387 e. The summed E-state index contributed by atoms with van der Waals surface area (Å²) in [6.07, 6.45) is 13.4. The van der Waals surface area contributed by atoms with Crippen molar-refractivity contribution in [2.24, 2.45) is 0 Å². The van der Waals surface area contributed by atoms with E-state index in [0.717, 1.165) is 25.2 Å². The SMILES string of the molecule is CCCCCCN(CCCCCC)CC(O)c1ccncc1. The monoisotopic (exact) mass is 306 g/mol. The van der Waals surface area contributed by atoms with Gasteiger partial charge in [-0.15, -0.1) is 0 Å². The Balaban J connectivity index is 2.41. The van der Waals surface area contributed by atoms with Crippen molar-refractivity contribution in [1.29, 1.82) is 0 Å². The van der Waals surface area contributed by atoms with Gasteiger partial charge in [0.1, 0.15) is 0 Å². The normalized spacial score (nSPS) is 12.7. The molecule has 0 amide bonds. The molecular weight excluding hydrogens is 272 g/mol. The van der Waals surface area contributed by atoms with Crippen LogP contribution in [0.1, 0.15) is 76.9 Å². The maximum atomic E-state index is 10.4. The van der Waals surface area contributed by atoms with E-state index >= 15 is 0 Å². The molecule has 0 saturated carbocycles. The molecule has 1 atom stereocenters. The Kier molecular flexibility index (Phi) is 10.9. The first-order valence-electron chi connectivity index (χ1n) is 9.08. The first kappa shape index (κ1) is 19.1. The fraction of sp³-hybridized carbons (Fsp3) is 0.737. The molecule has 0 aliphatic heterocycles. The number of aliphatic hydroxyl groups is 1. The van der Waals surface area contributed by atoms with Crippen LogP contribution < -0.4 is 0 Å². The minimum absolute atomic E-state index is 0.402. The number of aliphatic hydroxyl groups excluding tert-OH is 1. The second kappa shape index (κ2) is 12.6. The molecule has 1 aromatic rings. The molecule has 1 unspecified atom stereocenters. The first-order valence-corrected chi connectivity index (χ1v) is 9.08. The minimum atomic E-state index is -0.402. The highest BCUT2D eigenvalue weighted by Gasteiger charge is 2.13. The molecular formula is C19H34N2O. The van der Waals surface area contributed by atoms with Crippen molar-refractivity contribution >= 4 is 0 Å². The second-order valence-corrected chi connectivity index (χ2v) is 6.22. The number of unbranched alkanes of at least 4 members (excludes halogenated alkanes) is 6. The first-order chi connectivity index (χ1) is 10.8. The third-order valence-corrected chi connectivity index (χ3v) is 4.18. The second-order valence-electron chi connectivity index (χ2n) is 6.22. The summed E-state index contributed by atoms with van der Waals surface area (Å²) in [5.41, 5.74) is 0.974. The Morgan fingerprint density at radius 3 is 1.95 bits per heavy atom. The molecule has 0 bridgehead atoms. The zero-order valence-corrected chi connectivity index (χ0v) is 14.5.